The molecule has 3 heterocycles. The van der Waals surface area contributed by atoms with Gasteiger partial charge in [0.1, 0.15) is 5.82 Å². The molecule has 19 heavy (non-hydrogen) atoms. The second-order valence-corrected chi connectivity index (χ2v) is 4.21. The van der Waals surface area contributed by atoms with Gasteiger partial charge in [-0.15, -0.1) is 0 Å². The summed E-state index contributed by atoms with van der Waals surface area (Å²) in [5.41, 5.74) is 7.79. The zero-order valence-electron chi connectivity index (χ0n) is 10.3. The summed E-state index contributed by atoms with van der Waals surface area (Å²) >= 11 is 0. The third-order valence-corrected chi connectivity index (χ3v) is 2.99. The molecule has 3 aromatic heterocycles. The maximum Gasteiger partial charge on any atom is 0.132 e. The second-order valence-electron chi connectivity index (χ2n) is 4.21. The summed E-state index contributed by atoms with van der Waals surface area (Å²) in [6.07, 6.45) is 10.8. The van der Waals surface area contributed by atoms with Gasteiger partial charge in [0.05, 0.1) is 24.5 Å². The second kappa shape index (κ2) is 4.93. The van der Waals surface area contributed by atoms with Gasteiger partial charge in [-0.1, -0.05) is 0 Å². The van der Waals surface area contributed by atoms with Crippen LogP contribution in [-0.4, -0.2) is 24.1 Å². The van der Waals surface area contributed by atoms with E-state index in [-0.39, 0.29) is 0 Å². The summed E-state index contributed by atoms with van der Waals surface area (Å²) in [4.78, 5) is 12.3. The van der Waals surface area contributed by atoms with Crippen molar-refractivity contribution in [3.05, 3.63) is 49.6 Å². The molecule has 6 nitrogen and oxygen atoms in total. The number of nitrogens with two attached hydrogens (primary N) is 1. The molecular weight excluding hydrogens is 240 g/mol. The van der Waals surface area contributed by atoms with E-state index >= 15 is 0 Å². The van der Waals surface area contributed by atoms with Crippen molar-refractivity contribution in [1.29, 1.82) is 0 Å². The van der Waals surface area contributed by atoms with Crippen LogP contribution in [0.15, 0.2) is 49.6 Å². The molecule has 0 saturated carbocycles. The Morgan fingerprint density at radius 1 is 1.11 bits per heavy atom. The highest BCUT2D eigenvalue weighted by molar-refractivity contribution is 5.70. The Kier molecular flexibility index (Phi) is 2.97. The number of hydrogen-bond donors (Lipinski definition) is 1. The Labute approximate surface area is 110 Å². The fourth-order valence-electron chi connectivity index (χ4n) is 2.00. The first-order chi connectivity index (χ1) is 9.34. The molecule has 2 N–H and O–H groups in total. The Morgan fingerprint density at radius 3 is 2.84 bits per heavy atom. The Bertz CT molecular complexity index is 655. The van der Waals surface area contributed by atoms with Gasteiger partial charge in [-0.2, -0.15) is 0 Å². The number of imidazole rings is 2. The van der Waals surface area contributed by atoms with Crippen LogP contribution in [0.1, 0.15) is 0 Å². The minimum atomic E-state index is 0.520. The van der Waals surface area contributed by atoms with Crippen molar-refractivity contribution in [3.63, 3.8) is 0 Å². The van der Waals surface area contributed by atoms with Crippen molar-refractivity contribution in [2.24, 2.45) is 0 Å². The molecule has 6 heteroatoms. The average Bonchev–Trinajstić information content (AvgIpc) is 3.08. The topological polar surface area (TPSA) is 74.5 Å². The van der Waals surface area contributed by atoms with Crippen LogP contribution in [0.25, 0.3) is 11.3 Å². The van der Waals surface area contributed by atoms with Crippen molar-refractivity contribution in [2.45, 2.75) is 13.1 Å². The predicted octanol–water partition coefficient (Wildman–Crippen LogP) is 1.42. The predicted molar refractivity (Wildman–Crippen MR) is 72.1 cm³/mol. The van der Waals surface area contributed by atoms with Crippen LogP contribution in [0.4, 0.5) is 5.82 Å². The van der Waals surface area contributed by atoms with E-state index in [4.69, 9.17) is 5.73 Å². The number of rotatable bonds is 4. The first-order valence-corrected chi connectivity index (χ1v) is 6.01. The molecule has 0 aliphatic carbocycles. The zero-order valence-corrected chi connectivity index (χ0v) is 10.3. The number of nitrogen functional groups attached to an aromatic ring is 1. The molecule has 0 aliphatic rings. The zero-order chi connectivity index (χ0) is 13.1. The fourth-order valence-corrected chi connectivity index (χ4v) is 2.00. The molecule has 0 bridgehead atoms. The molecule has 0 aliphatic heterocycles. The summed E-state index contributed by atoms with van der Waals surface area (Å²) in [6.45, 7) is 1.64. The standard InChI is InChI=1S/C13H14N6/c14-13-11(2-1-3-17-13)12-8-16-10-19(12)7-6-18-5-4-15-9-18/h1-5,8-10H,6-7H2,(H2,14,17). The number of aryl methyl sites for hydroxylation is 2. The van der Waals surface area contributed by atoms with E-state index in [1.54, 1.807) is 31.2 Å². The molecule has 0 aromatic carbocycles. The van der Waals surface area contributed by atoms with E-state index in [1.807, 2.05) is 22.9 Å². The minimum Gasteiger partial charge on any atom is -0.383 e. The lowest BCUT2D eigenvalue weighted by molar-refractivity contribution is 0.581. The van der Waals surface area contributed by atoms with Crippen molar-refractivity contribution in [3.8, 4) is 11.3 Å². The lowest BCUT2D eigenvalue weighted by Crippen LogP contribution is -2.07. The van der Waals surface area contributed by atoms with E-state index in [0.29, 0.717) is 5.82 Å². The first kappa shape index (κ1) is 11.5. The van der Waals surface area contributed by atoms with Crippen LogP contribution in [-0.2, 0) is 13.1 Å². The summed E-state index contributed by atoms with van der Waals surface area (Å²) in [6, 6.07) is 3.83. The minimum absolute atomic E-state index is 0.520. The number of anilines is 1. The van der Waals surface area contributed by atoms with Gasteiger partial charge >= 0.3 is 0 Å². The van der Waals surface area contributed by atoms with E-state index in [9.17, 15) is 0 Å². The quantitative estimate of drug-likeness (QED) is 0.764. The summed E-state index contributed by atoms with van der Waals surface area (Å²) in [5.74, 6) is 0.520. The summed E-state index contributed by atoms with van der Waals surface area (Å²) in [5, 5.41) is 0. The molecule has 0 amide bonds. The van der Waals surface area contributed by atoms with E-state index in [0.717, 1.165) is 24.3 Å². The Hall–Kier alpha value is -2.63. The number of hydrogen-bond acceptors (Lipinski definition) is 4. The molecule has 0 saturated heterocycles. The van der Waals surface area contributed by atoms with Crippen LogP contribution >= 0.6 is 0 Å². The molecule has 0 spiro atoms. The van der Waals surface area contributed by atoms with Crippen LogP contribution in [0.5, 0.6) is 0 Å². The molecule has 0 atom stereocenters. The Balaban J connectivity index is 1.84. The third-order valence-electron chi connectivity index (χ3n) is 2.99. The van der Waals surface area contributed by atoms with Gasteiger partial charge in [0.25, 0.3) is 0 Å². The van der Waals surface area contributed by atoms with Gasteiger partial charge in [-0.25, -0.2) is 15.0 Å². The molecule has 96 valence electrons. The number of aromatic nitrogens is 5. The molecule has 0 radical (unpaired) electrons. The highest BCUT2D eigenvalue weighted by Gasteiger charge is 2.08. The van der Waals surface area contributed by atoms with Gasteiger partial charge in [0.15, 0.2) is 0 Å². The van der Waals surface area contributed by atoms with Gasteiger partial charge in [0.2, 0.25) is 0 Å². The molecule has 0 fully saturated rings. The monoisotopic (exact) mass is 254 g/mol. The smallest absolute Gasteiger partial charge is 0.132 e. The third kappa shape index (κ3) is 2.33. The van der Waals surface area contributed by atoms with Crippen LogP contribution in [0.2, 0.25) is 0 Å². The Morgan fingerprint density at radius 2 is 2.05 bits per heavy atom. The molecule has 3 aromatic rings. The largest absolute Gasteiger partial charge is 0.383 e. The SMILES string of the molecule is Nc1ncccc1-c1cncn1CCn1ccnc1. The van der Waals surface area contributed by atoms with Gasteiger partial charge in [-0.3, -0.25) is 0 Å². The normalized spacial score (nSPS) is 10.7. The average molecular weight is 254 g/mol. The van der Waals surface area contributed by atoms with Crippen molar-refractivity contribution >= 4 is 5.82 Å². The van der Waals surface area contributed by atoms with Gasteiger partial charge < -0.3 is 14.9 Å². The van der Waals surface area contributed by atoms with Crippen molar-refractivity contribution in [1.82, 2.24) is 24.1 Å². The number of nitrogens with zero attached hydrogens (tertiary/aromatic N) is 5. The van der Waals surface area contributed by atoms with Crippen LogP contribution < -0.4 is 5.73 Å². The van der Waals surface area contributed by atoms with Gasteiger partial charge in [0, 0.05) is 37.2 Å². The van der Waals surface area contributed by atoms with Crippen molar-refractivity contribution in [2.75, 3.05) is 5.73 Å². The maximum absolute atomic E-state index is 5.90. The van der Waals surface area contributed by atoms with E-state index < -0.39 is 0 Å². The van der Waals surface area contributed by atoms with E-state index in [1.165, 1.54) is 0 Å². The molecule has 0 unspecified atom stereocenters. The number of pyridine rings is 1. The molecule has 3 rings (SSSR count). The van der Waals surface area contributed by atoms with Crippen LogP contribution in [0, 0.1) is 0 Å². The first-order valence-electron chi connectivity index (χ1n) is 6.01. The molecular formula is C13H14N6. The highest BCUT2D eigenvalue weighted by atomic mass is 15.1. The maximum atomic E-state index is 5.90. The fraction of sp³-hybridized carbons (Fsp3) is 0.154. The summed E-state index contributed by atoms with van der Waals surface area (Å²) in [7, 11) is 0. The van der Waals surface area contributed by atoms with E-state index in [2.05, 4.69) is 19.5 Å². The lowest BCUT2D eigenvalue weighted by Gasteiger charge is -2.09. The lowest BCUT2D eigenvalue weighted by atomic mass is 10.2. The van der Waals surface area contributed by atoms with Crippen LogP contribution in [0.3, 0.4) is 0 Å². The van der Waals surface area contributed by atoms with Crippen molar-refractivity contribution < 1.29 is 0 Å². The summed E-state index contributed by atoms with van der Waals surface area (Å²) < 4.78 is 4.09. The highest BCUT2D eigenvalue weighted by Crippen LogP contribution is 2.23. The van der Waals surface area contributed by atoms with Gasteiger partial charge in [-0.05, 0) is 12.1 Å².